The summed E-state index contributed by atoms with van der Waals surface area (Å²) < 4.78 is 21.8. The summed E-state index contributed by atoms with van der Waals surface area (Å²) in [6, 6.07) is 0. The molecule has 1 fully saturated rings. The van der Waals surface area contributed by atoms with Crippen LogP contribution in [0.4, 0.5) is 5.95 Å². The van der Waals surface area contributed by atoms with Crippen LogP contribution >= 0.6 is 8.25 Å². The van der Waals surface area contributed by atoms with E-state index in [9.17, 15) is 19.6 Å². The lowest BCUT2D eigenvalue weighted by molar-refractivity contribution is -0.0476. The van der Waals surface area contributed by atoms with Gasteiger partial charge in [-0.05, 0) is 0 Å². The molecule has 23 heavy (non-hydrogen) atoms. The van der Waals surface area contributed by atoms with Crippen molar-refractivity contribution in [3.8, 4) is 0 Å². The molecule has 6 N–H and O–H groups in total. The molecule has 13 heteroatoms. The van der Waals surface area contributed by atoms with Crippen LogP contribution in [0.2, 0.25) is 0 Å². The molecule has 0 bridgehead atoms. The van der Waals surface area contributed by atoms with Crippen LogP contribution in [-0.2, 0) is 13.8 Å². The zero-order chi connectivity index (χ0) is 16.7. The molecule has 1 aliphatic heterocycles. The van der Waals surface area contributed by atoms with Gasteiger partial charge in [-0.15, -0.1) is 0 Å². The van der Waals surface area contributed by atoms with E-state index in [1.165, 1.54) is 10.9 Å². The first-order valence-corrected chi connectivity index (χ1v) is 7.74. The summed E-state index contributed by atoms with van der Waals surface area (Å²) in [5.74, 6) is -0.143. The van der Waals surface area contributed by atoms with Crippen LogP contribution in [-0.4, -0.2) is 59.5 Å². The number of aliphatic hydroxyl groups is 2. The van der Waals surface area contributed by atoms with Crippen molar-refractivity contribution in [3.05, 3.63) is 16.7 Å². The third-order valence-electron chi connectivity index (χ3n) is 3.43. The molecule has 12 nitrogen and oxygen atoms in total. The molecule has 0 amide bonds. The second-order valence-corrected chi connectivity index (χ2v) is 5.72. The van der Waals surface area contributed by atoms with E-state index in [2.05, 4.69) is 19.5 Å². The number of aromatic nitrogens is 4. The Morgan fingerprint density at radius 1 is 1.48 bits per heavy atom. The van der Waals surface area contributed by atoms with Crippen LogP contribution in [0.3, 0.4) is 0 Å². The highest BCUT2D eigenvalue weighted by atomic mass is 31.1. The van der Waals surface area contributed by atoms with Gasteiger partial charge in [-0.3, -0.25) is 18.9 Å². The highest BCUT2D eigenvalue weighted by Crippen LogP contribution is 2.32. The Morgan fingerprint density at radius 3 is 2.91 bits per heavy atom. The molecule has 2 unspecified atom stereocenters. The SMILES string of the molecule is Nc1nc2c(ncn2[C@@H]2O[C@H](CO[PH](=O)O)C(O)[C@@H]2O)c(=O)[nH]1. The van der Waals surface area contributed by atoms with Crippen molar-refractivity contribution < 1.29 is 28.9 Å². The molecule has 0 radical (unpaired) electrons. The van der Waals surface area contributed by atoms with E-state index < -0.39 is 38.4 Å². The lowest BCUT2D eigenvalue weighted by Gasteiger charge is -2.16. The first-order chi connectivity index (χ1) is 10.9. The van der Waals surface area contributed by atoms with Crippen molar-refractivity contribution in [2.75, 3.05) is 12.3 Å². The van der Waals surface area contributed by atoms with Gasteiger partial charge in [0.25, 0.3) is 5.56 Å². The number of nitrogens with zero attached hydrogens (tertiary/aromatic N) is 3. The van der Waals surface area contributed by atoms with Gasteiger partial charge in [0.05, 0.1) is 12.9 Å². The predicted molar refractivity (Wildman–Crippen MR) is 75.7 cm³/mol. The Bertz CT molecular complexity index is 806. The second kappa shape index (κ2) is 6.00. The standard InChI is InChI=1S/C10H14N5O7P/c11-10-13-7-4(8(18)14-10)12-2-15(7)9-6(17)5(16)3(22-9)1-21-23(19)20/h2-3,5-6,9,16-17,23H,1H2,(H,19,20)(H3,11,13,14,18)/t3-,5?,6+,9-/m1/s1. The van der Waals surface area contributed by atoms with Gasteiger partial charge in [-0.25, -0.2) is 4.98 Å². The minimum Gasteiger partial charge on any atom is -0.387 e. The van der Waals surface area contributed by atoms with E-state index in [1.54, 1.807) is 0 Å². The summed E-state index contributed by atoms with van der Waals surface area (Å²) in [7, 11) is -3.19. The monoisotopic (exact) mass is 347 g/mol. The summed E-state index contributed by atoms with van der Waals surface area (Å²) in [6.07, 6.45) is -3.68. The number of ether oxygens (including phenoxy) is 1. The first-order valence-electron chi connectivity index (χ1n) is 6.48. The Hall–Kier alpha value is -1.82. The van der Waals surface area contributed by atoms with Gasteiger partial charge >= 0.3 is 8.25 Å². The molecule has 0 spiro atoms. The van der Waals surface area contributed by atoms with Crippen LogP contribution < -0.4 is 11.3 Å². The van der Waals surface area contributed by atoms with E-state index in [1.807, 2.05) is 0 Å². The number of H-pyrrole nitrogens is 1. The van der Waals surface area contributed by atoms with Crippen LogP contribution in [0.25, 0.3) is 11.2 Å². The fraction of sp³-hybridized carbons (Fsp3) is 0.500. The van der Waals surface area contributed by atoms with Gasteiger partial charge in [0, 0.05) is 0 Å². The molecule has 126 valence electrons. The lowest BCUT2D eigenvalue weighted by Crippen LogP contribution is -2.33. The second-order valence-electron chi connectivity index (χ2n) is 4.90. The number of hydrogen-bond donors (Lipinski definition) is 5. The van der Waals surface area contributed by atoms with Gasteiger partial charge in [0.15, 0.2) is 17.4 Å². The zero-order valence-electron chi connectivity index (χ0n) is 11.5. The van der Waals surface area contributed by atoms with Crippen molar-refractivity contribution in [2.24, 2.45) is 0 Å². The summed E-state index contributed by atoms with van der Waals surface area (Å²) in [5.41, 5.74) is 4.98. The third-order valence-corrected chi connectivity index (χ3v) is 3.85. The fourth-order valence-corrected chi connectivity index (χ4v) is 2.69. The first kappa shape index (κ1) is 16.1. The third kappa shape index (κ3) is 2.87. The van der Waals surface area contributed by atoms with E-state index in [4.69, 9.17) is 15.4 Å². The Balaban J connectivity index is 1.93. The van der Waals surface area contributed by atoms with Crippen LogP contribution in [0.15, 0.2) is 11.1 Å². The Morgan fingerprint density at radius 2 is 2.22 bits per heavy atom. The molecular formula is C10H14N5O7P. The molecular weight excluding hydrogens is 333 g/mol. The largest absolute Gasteiger partial charge is 0.387 e. The van der Waals surface area contributed by atoms with Gasteiger partial charge < -0.3 is 30.1 Å². The smallest absolute Gasteiger partial charge is 0.316 e. The lowest BCUT2D eigenvalue weighted by atomic mass is 10.1. The zero-order valence-corrected chi connectivity index (χ0v) is 12.5. The summed E-state index contributed by atoms with van der Waals surface area (Å²) in [4.78, 5) is 30.5. The number of anilines is 1. The number of nitrogen functional groups attached to an aromatic ring is 1. The molecule has 0 aliphatic carbocycles. The summed E-state index contributed by atoms with van der Waals surface area (Å²) >= 11 is 0. The number of hydrogen-bond acceptors (Lipinski definition) is 9. The normalized spacial score (nSPS) is 29.2. The van der Waals surface area contributed by atoms with Gasteiger partial charge in [0.2, 0.25) is 5.95 Å². The number of nitrogens with two attached hydrogens (primary N) is 1. The average Bonchev–Trinajstić information content (AvgIpc) is 3.00. The average molecular weight is 347 g/mol. The minimum atomic E-state index is -3.19. The van der Waals surface area contributed by atoms with Crippen LogP contribution in [0.5, 0.6) is 0 Å². The Labute approximate surface area is 128 Å². The molecule has 2 aromatic rings. The van der Waals surface area contributed by atoms with Crippen molar-refractivity contribution in [3.63, 3.8) is 0 Å². The van der Waals surface area contributed by atoms with Gasteiger partial charge in [-0.1, -0.05) is 0 Å². The maximum Gasteiger partial charge on any atom is 0.316 e. The molecule has 3 rings (SSSR count). The molecule has 1 aliphatic rings. The molecule has 0 saturated carbocycles. The van der Waals surface area contributed by atoms with Crippen LogP contribution in [0, 0.1) is 0 Å². The predicted octanol–water partition coefficient (Wildman–Crippen LogP) is -2.28. The Kier molecular flexibility index (Phi) is 4.19. The molecule has 2 aromatic heterocycles. The summed E-state index contributed by atoms with van der Waals surface area (Å²) in [5, 5.41) is 20.1. The number of imidazole rings is 1. The van der Waals surface area contributed by atoms with Crippen molar-refractivity contribution in [1.82, 2.24) is 19.5 Å². The van der Waals surface area contributed by atoms with Gasteiger partial charge in [-0.2, -0.15) is 4.98 Å². The molecule has 3 heterocycles. The maximum atomic E-state index is 11.7. The van der Waals surface area contributed by atoms with E-state index in [-0.39, 0.29) is 23.7 Å². The van der Waals surface area contributed by atoms with E-state index in [0.717, 1.165) is 0 Å². The van der Waals surface area contributed by atoms with Crippen LogP contribution in [0.1, 0.15) is 6.23 Å². The van der Waals surface area contributed by atoms with Crippen molar-refractivity contribution >= 4 is 25.4 Å². The number of aliphatic hydroxyl groups excluding tert-OH is 2. The summed E-state index contributed by atoms with van der Waals surface area (Å²) in [6.45, 7) is -0.383. The minimum absolute atomic E-state index is 0.00963. The van der Waals surface area contributed by atoms with Crippen molar-refractivity contribution in [2.45, 2.75) is 24.5 Å². The topological polar surface area (TPSA) is 186 Å². The highest BCUT2D eigenvalue weighted by molar-refractivity contribution is 7.32. The van der Waals surface area contributed by atoms with E-state index in [0.29, 0.717) is 0 Å². The van der Waals surface area contributed by atoms with Gasteiger partial charge in [0.1, 0.15) is 18.3 Å². The maximum absolute atomic E-state index is 11.7. The quantitative estimate of drug-likeness (QED) is 0.377. The van der Waals surface area contributed by atoms with Crippen molar-refractivity contribution in [1.29, 1.82) is 0 Å². The van der Waals surface area contributed by atoms with E-state index >= 15 is 0 Å². The number of fused-ring (bicyclic) bond motifs is 1. The molecule has 1 saturated heterocycles. The molecule has 5 atom stereocenters. The molecule has 0 aromatic carbocycles. The number of rotatable bonds is 4. The highest BCUT2D eigenvalue weighted by Gasteiger charge is 2.44. The fourth-order valence-electron chi connectivity index (χ4n) is 2.38. The number of aromatic amines is 1. The number of nitrogens with one attached hydrogen (secondary N) is 1.